The van der Waals surface area contributed by atoms with Crippen LogP contribution in [0, 0.1) is 17.4 Å². The molecule has 0 aliphatic rings. The molecule has 0 radical (unpaired) electrons. The number of hydrogen-bond acceptors (Lipinski definition) is 5. The number of Topliss-reactive ketones (excluding diaryl/α,β-unsaturated/α-hetero) is 1. The Hall–Kier alpha value is -3.17. The van der Waals surface area contributed by atoms with Gasteiger partial charge in [0, 0.05) is 17.5 Å². The molecule has 7 heteroatoms. The van der Waals surface area contributed by atoms with Crippen LogP contribution in [0.5, 0.6) is 5.75 Å². The van der Waals surface area contributed by atoms with Crippen molar-refractivity contribution in [2.45, 2.75) is 18.9 Å². The van der Waals surface area contributed by atoms with Crippen LogP contribution in [0.3, 0.4) is 0 Å². The number of carboxylic acid groups (broad SMARTS) is 1. The highest BCUT2D eigenvalue weighted by Gasteiger charge is 2.22. The Morgan fingerprint density at radius 3 is 2.65 bits per heavy atom. The van der Waals surface area contributed by atoms with Crippen LogP contribution < -0.4 is 0 Å². The van der Waals surface area contributed by atoms with Crippen LogP contribution in [0.25, 0.3) is 0 Å². The maximum Gasteiger partial charge on any atom is 0.304 e. The van der Waals surface area contributed by atoms with Crippen LogP contribution in [-0.2, 0) is 4.79 Å². The summed E-state index contributed by atoms with van der Waals surface area (Å²) in [5.74, 6) is 4.10. The standard InChI is InChI=1S/C19H15ClN2O4/c20-15-11-14(8-9-16(15)23)19(26)18(22-21)13-6-3-5-12(10-13)4-1-2-7-17(24)25/h3,5-6,8-11,18,21,23H,2,7H2,(H,24,25). The van der Waals surface area contributed by atoms with Gasteiger partial charge in [-0.3, -0.25) is 9.59 Å². The molecule has 0 amide bonds. The monoisotopic (exact) mass is 370 g/mol. The van der Waals surface area contributed by atoms with Crippen molar-refractivity contribution in [3.05, 3.63) is 64.2 Å². The third-order valence-electron chi connectivity index (χ3n) is 3.51. The molecule has 1 unspecified atom stereocenters. The molecular formula is C19H15ClN2O4. The van der Waals surface area contributed by atoms with E-state index in [2.05, 4.69) is 17.0 Å². The zero-order chi connectivity index (χ0) is 19.1. The second-order valence-electron chi connectivity index (χ2n) is 5.38. The molecule has 1 atom stereocenters. The van der Waals surface area contributed by atoms with Gasteiger partial charge in [-0.25, -0.2) is 5.53 Å². The van der Waals surface area contributed by atoms with Gasteiger partial charge in [-0.1, -0.05) is 35.6 Å². The van der Waals surface area contributed by atoms with Gasteiger partial charge in [0.25, 0.3) is 0 Å². The smallest absolute Gasteiger partial charge is 0.304 e. The van der Waals surface area contributed by atoms with Gasteiger partial charge in [0.2, 0.25) is 0 Å². The zero-order valence-corrected chi connectivity index (χ0v) is 14.3. The Balaban J connectivity index is 2.25. The molecule has 2 aromatic carbocycles. The fraction of sp³-hybridized carbons (Fsp3) is 0.158. The summed E-state index contributed by atoms with van der Waals surface area (Å²) in [4.78, 5) is 23.1. The molecule has 0 saturated carbocycles. The third-order valence-corrected chi connectivity index (χ3v) is 3.81. The highest BCUT2D eigenvalue weighted by molar-refractivity contribution is 6.32. The average Bonchev–Trinajstić information content (AvgIpc) is 2.62. The van der Waals surface area contributed by atoms with E-state index in [0.29, 0.717) is 11.1 Å². The Morgan fingerprint density at radius 1 is 1.23 bits per heavy atom. The summed E-state index contributed by atoms with van der Waals surface area (Å²) < 4.78 is 0. The second-order valence-corrected chi connectivity index (χ2v) is 5.79. The molecule has 0 spiro atoms. The lowest BCUT2D eigenvalue weighted by Crippen LogP contribution is -2.10. The van der Waals surface area contributed by atoms with E-state index in [1.807, 2.05) is 0 Å². The van der Waals surface area contributed by atoms with Crippen LogP contribution in [-0.4, -0.2) is 22.0 Å². The van der Waals surface area contributed by atoms with E-state index in [0.717, 1.165) is 0 Å². The van der Waals surface area contributed by atoms with Crippen molar-refractivity contribution in [2.24, 2.45) is 5.11 Å². The molecule has 0 aromatic heterocycles. The number of ketones is 1. The van der Waals surface area contributed by atoms with Crippen molar-refractivity contribution < 1.29 is 19.8 Å². The molecule has 0 aliphatic carbocycles. The summed E-state index contributed by atoms with van der Waals surface area (Å²) in [6.07, 6.45) is 0.175. The van der Waals surface area contributed by atoms with E-state index in [9.17, 15) is 14.7 Å². The first kappa shape index (κ1) is 19.2. The number of aliphatic carboxylic acids is 1. The van der Waals surface area contributed by atoms with Crippen molar-refractivity contribution in [1.82, 2.24) is 0 Å². The molecule has 2 aromatic rings. The first-order valence-corrected chi connectivity index (χ1v) is 8.00. The summed E-state index contributed by atoms with van der Waals surface area (Å²) in [5, 5.41) is 21.5. The van der Waals surface area contributed by atoms with E-state index in [-0.39, 0.29) is 29.2 Å². The number of carbonyl (C=O) groups excluding carboxylic acids is 1. The van der Waals surface area contributed by atoms with Crippen molar-refractivity contribution in [2.75, 3.05) is 0 Å². The predicted octanol–water partition coefficient (Wildman–Crippen LogP) is 4.22. The Morgan fingerprint density at radius 2 is 2.00 bits per heavy atom. The highest BCUT2D eigenvalue weighted by Crippen LogP contribution is 2.28. The van der Waals surface area contributed by atoms with Gasteiger partial charge >= 0.3 is 5.97 Å². The van der Waals surface area contributed by atoms with Crippen LogP contribution in [0.15, 0.2) is 47.6 Å². The molecule has 2 rings (SSSR count). The number of carbonyl (C=O) groups is 2. The summed E-state index contributed by atoms with van der Waals surface area (Å²) in [5.41, 5.74) is 8.69. The summed E-state index contributed by atoms with van der Waals surface area (Å²) in [6.45, 7) is 0. The lowest BCUT2D eigenvalue weighted by Gasteiger charge is -2.11. The molecule has 0 saturated heterocycles. The summed E-state index contributed by atoms with van der Waals surface area (Å²) in [7, 11) is 0. The number of phenols is 1. The fourth-order valence-electron chi connectivity index (χ4n) is 2.22. The fourth-order valence-corrected chi connectivity index (χ4v) is 2.40. The van der Waals surface area contributed by atoms with Crippen LogP contribution in [0.1, 0.15) is 40.4 Å². The van der Waals surface area contributed by atoms with Gasteiger partial charge < -0.3 is 10.2 Å². The number of nitrogens with zero attached hydrogens (tertiary/aromatic N) is 1. The van der Waals surface area contributed by atoms with E-state index < -0.39 is 17.8 Å². The number of rotatable bonds is 6. The first-order valence-electron chi connectivity index (χ1n) is 7.62. The number of hydrogen-bond donors (Lipinski definition) is 3. The molecule has 132 valence electrons. The second kappa shape index (κ2) is 8.79. The Kier molecular flexibility index (Phi) is 6.48. The topological polar surface area (TPSA) is 111 Å². The molecule has 0 aliphatic heterocycles. The first-order chi connectivity index (χ1) is 12.4. The minimum Gasteiger partial charge on any atom is -0.506 e. The number of benzene rings is 2. The lowest BCUT2D eigenvalue weighted by molar-refractivity contribution is -0.136. The molecule has 0 heterocycles. The van der Waals surface area contributed by atoms with E-state index in [1.54, 1.807) is 24.3 Å². The average molecular weight is 371 g/mol. The predicted molar refractivity (Wildman–Crippen MR) is 95.5 cm³/mol. The van der Waals surface area contributed by atoms with Gasteiger partial charge in [-0.2, -0.15) is 5.11 Å². The number of halogens is 1. The van der Waals surface area contributed by atoms with Crippen LogP contribution in [0.2, 0.25) is 5.02 Å². The maximum absolute atomic E-state index is 12.6. The Bertz CT molecular complexity index is 915. The van der Waals surface area contributed by atoms with Crippen molar-refractivity contribution in [3.8, 4) is 17.6 Å². The molecular weight excluding hydrogens is 356 g/mol. The van der Waals surface area contributed by atoms with Crippen LogP contribution in [0.4, 0.5) is 0 Å². The highest BCUT2D eigenvalue weighted by atomic mass is 35.5. The minimum absolute atomic E-state index is 0.0395. The van der Waals surface area contributed by atoms with Gasteiger partial charge in [-0.15, -0.1) is 0 Å². The molecule has 0 fully saturated rings. The zero-order valence-electron chi connectivity index (χ0n) is 13.6. The van der Waals surface area contributed by atoms with Gasteiger partial charge in [0.1, 0.15) is 5.75 Å². The van der Waals surface area contributed by atoms with E-state index in [4.69, 9.17) is 22.2 Å². The molecule has 0 bridgehead atoms. The molecule has 6 nitrogen and oxygen atoms in total. The maximum atomic E-state index is 12.6. The summed E-state index contributed by atoms with van der Waals surface area (Å²) in [6, 6.07) is 9.69. The minimum atomic E-state index is -1.06. The quantitative estimate of drug-likeness (QED) is 0.401. The van der Waals surface area contributed by atoms with E-state index >= 15 is 0 Å². The van der Waals surface area contributed by atoms with E-state index in [1.165, 1.54) is 18.2 Å². The van der Waals surface area contributed by atoms with Gasteiger partial charge in [0.15, 0.2) is 11.8 Å². The van der Waals surface area contributed by atoms with Crippen molar-refractivity contribution in [1.29, 1.82) is 5.53 Å². The number of carboxylic acids is 1. The van der Waals surface area contributed by atoms with Crippen molar-refractivity contribution in [3.63, 3.8) is 0 Å². The number of phenolic OH excluding ortho intramolecular Hbond substituents is 1. The summed E-state index contributed by atoms with van der Waals surface area (Å²) >= 11 is 5.83. The Labute approximate surface area is 154 Å². The number of nitrogens with one attached hydrogen (secondary N) is 1. The van der Waals surface area contributed by atoms with Gasteiger partial charge in [-0.05, 0) is 35.9 Å². The molecule has 3 N–H and O–H groups in total. The van der Waals surface area contributed by atoms with Gasteiger partial charge in [0.05, 0.1) is 11.4 Å². The normalized spacial score (nSPS) is 11.1. The van der Waals surface area contributed by atoms with Crippen LogP contribution >= 0.6 is 11.6 Å². The largest absolute Gasteiger partial charge is 0.506 e. The lowest BCUT2D eigenvalue weighted by atomic mass is 9.96. The van der Waals surface area contributed by atoms with Crippen molar-refractivity contribution >= 4 is 23.4 Å². The SMILES string of the molecule is N=NC(C(=O)c1ccc(O)c(Cl)c1)c1cccc(C#CCCC(=O)O)c1. The third kappa shape index (κ3) is 4.91. The molecule has 26 heavy (non-hydrogen) atoms. The number of aromatic hydroxyl groups is 1.